The van der Waals surface area contributed by atoms with Crippen LogP contribution in [0.2, 0.25) is 0 Å². The summed E-state index contributed by atoms with van der Waals surface area (Å²) in [5, 5.41) is 12.2. The summed E-state index contributed by atoms with van der Waals surface area (Å²) in [6, 6.07) is 2.21. The van der Waals surface area contributed by atoms with Crippen LogP contribution >= 0.6 is 0 Å². The fourth-order valence-corrected chi connectivity index (χ4v) is 3.58. The van der Waals surface area contributed by atoms with Crippen molar-refractivity contribution in [1.82, 2.24) is 14.9 Å². The van der Waals surface area contributed by atoms with Crippen LogP contribution in [0.3, 0.4) is 0 Å². The van der Waals surface area contributed by atoms with E-state index in [0.29, 0.717) is 12.8 Å². The minimum absolute atomic E-state index is 0.0149. The molecule has 2 aromatic heterocycles. The molecule has 3 rings (SSSR count). The van der Waals surface area contributed by atoms with Gasteiger partial charge in [-0.2, -0.15) is 5.26 Å². The number of nitrogens with zero attached hydrogens (tertiary/aromatic N) is 3. The minimum Gasteiger partial charge on any atom is -0.462 e. The van der Waals surface area contributed by atoms with Crippen molar-refractivity contribution in [2.45, 2.75) is 58.0 Å². The highest BCUT2D eigenvalue weighted by Gasteiger charge is 2.33. The van der Waals surface area contributed by atoms with Crippen LogP contribution in [0.5, 0.6) is 0 Å². The zero-order valence-electron chi connectivity index (χ0n) is 15.9. The summed E-state index contributed by atoms with van der Waals surface area (Å²) in [4.78, 5) is 41.6. The van der Waals surface area contributed by atoms with E-state index >= 15 is 0 Å². The van der Waals surface area contributed by atoms with Gasteiger partial charge in [0.25, 0.3) is 5.56 Å². The molecule has 1 fully saturated rings. The fraction of sp³-hybridized carbons (Fsp3) is 0.526. The summed E-state index contributed by atoms with van der Waals surface area (Å²) in [5.41, 5.74) is -1.43. The number of fused-ring (bicyclic) bond motifs is 1. The molecule has 1 amide bonds. The second-order valence-electron chi connectivity index (χ2n) is 6.91. The molecule has 0 saturated heterocycles. The summed E-state index contributed by atoms with van der Waals surface area (Å²) in [7, 11) is 0. The molecule has 0 radical (unpaired) electrons. The molecule has 1 N–H and O–H groups in total. The van der Waals surface area contributed by atoms with Crippen molar-refractivity contribution in [3.63, 3.8) is 0 Å². The Kier molecular flexibility index (Phi) is 5.49. The van der Waals surface area contributed by atoms with Crippen molar-refractivity contribution in [3.05, 3.63) is 28.0 Å². The van der Waals surface area contributed by atoms with Crippen LogP contribution in [0.25, 0.3) is 11.1 Å². The summed E-state index contributed by atoms with van der Waals surface area (Å²) in [6.07, 6.45) is 5.17. The molecule has 0 atom stereocenters. The predicted molar refractivity (Wildman–Crippen MR) is 98.5 cm³/mol. The van der Waals surface area contributed by atoms with Crippen LogP contribution in [0, 0.1) is 18.3 Å². The molecule has 0 aromatic carbocycles. The monoisotopic (exact) mass is 386 g/mol. The number of furan rings is 1. The van der Waals surface area contributed by atoms with E-state index in [4.69, 9.17) is 9.15 Å². The molecule has 1 saturated carbocycles. The van der Waals surface area contributed by atoms with Crippen LogP contribution in [-0.2, 0) is 16.1 Å². The second-order valence-corrected chi connectivity index (χ2v) is 6.91. The maximum atomic E-state index is 12.9. The maximum absolute atomic E-state index is 12.9. The number of aryl methyl sites for hydroxylation is 1. The van der Waals surface area contributed by atoms with Crippen molar-refractivity contribution < 1.29 is 18.7 Å². The van der Waals surface area contributed by atoms with E-state index < -0.39 is 23.0 Å². The van der Waals surface area contributed by atoms with Gasteiger partial charge in [-0.05, 0) is 26.7 Å². The first-order chi connectivity index (χ1) is 13.4. The molecule has 0 unspecified atom stereocenters. The number of ether oxygens (including phenoxy) is 1. The van der Waals surface area contributed by atoms with Crippen LogP contribution in [0.1, 0.15) is 55.1 Å². The lowest BCUT2D eigenvalue weighted by molar-refractivity contribution is -0.123. The quantitative estimate of drug-likeness (QED) is 0.776. The molecule has 9 nitrogen and oxygen atoms in total. The third-order valence-electron chi connectivity index (χ3n) is 4.95. The van der Waals surface area contributed by atoms with E-state index in [-0.39, 0.29) is 35.6 Å². The fourth-order valence-electron chi connectivity index (χ4n) is 3.58. The van der Waals surface area contributed by atoms with E-state index in [1.807, 2.05) is 0 Å². The van der Waals surface area contributed by atoms with Gasteiger partial charge in [0, 0.05) is 0 Å². The Morgan fingerprint density at radius 2 is 2.11 bits per heavy atom. The Bertz CT molecular complexity index is 1010. The van der Waals surface area contributed by atoms with Crippen molar-refractivity contribution >= 4 is 23.0 Å². The van der Waals surface area contributed by atoms with Gasteiger partial charge in [-0.15, -0.1) is 0 Å². The van der Waals surface area contributed by atoms with E-state index in [0.717, 1.165) is 23.8 Å². The number of carbonyl (C=O) groups is 2. The lowest BCUT2D eigenvalue weighted by Crippen LogP contribution is -2.50. The Hall–Kier alpha value is -3.15. The largest absolute Gasteiger partial charge is 0.462 e. The maximum Gasteiger partial charge on any atom is 0.342 e. The van der Waals surface area contributed by atoms with Crippen LogP contribution in [0.4, 0.5) is 0 Å². The first-order valence-corrected chi connectivity index (χ1v) is 9.28. The first-order valence-electron chi connectivity index (χ1n) is 9.28. The van der Waals surface area contributed by atoms with Gasteiger partial charge < -0.3 is 14.5 Å². The molecule has 0 spiro atoms. The SMILES string of the molecule is CCOC(=O)c1c(C)oc2ncn(CC(=O)NC3(C#N)CCCCC3)c(=O)c12. The molecule has 1 aliphatic rings. The van der Waals surface area contributed by atoms with Crippen LogP contribution in [-0.4, -0.2) is 33.6 Å². The van der Waals surface area contributed by atoms with E-state index in [9.17, 15) is 19.6 Å². The lowest BCUT2D eigenvalue weighted by Gasteiger charge is -2.31. The number of carbonyl (C=O) groups excluding carboxylic acids is 2. The number of rotatable bonds is 5. The molecule has 1 aliphatic carbocycles. The standard InChI is InChI=1S/C19H22N4O5/c1-3-27-18(26)14-12(2)28-16-15(14)17(25)23(11-21-16)9-13(24)22-19(10-20)7-5-4-6-8-19/h11H,3-9H2,1-2H3,(H,22,24). The normalized spacial score (nSPS) is 15.8. The average Bonchev–Trinajstić information content (AvgIpc) is 3.02. The lowest BCUT2D eigenvalue weighted by atomic mass is 9.83. The highest BCUT2D eigenvalue weighted by molar-refractivity contribution is 6.03. The summed E-state index contributed by atoms with van der Waals surface area (Å²) < 4.78 is 11.5. The van der Waals surface area contributed by atoms with Gasteiger partial charge in [0.05, 0.1) is 12.7 Å². The molecule has 2 aromatic rings. The van der Waals surface area contributed by atoms with E-state index in [2.05, 4.69) is 16.4 Å². The number of amides is 1. The Balaban J connectivity index is 1.89. The second kappa shape index (κ2) is 7.84. The molecule has 9 heteroatoms. The molecule has 0 aliphatic heterocycles. The van der Waals surface area contributed by atoms with E-state index in [1.54, 1.807) is 13.8 Å². The summed E-state index contributed by atoms with van der Waals surface area (Å²) in [5.74, 6) is -0.902. The number of nitriles is 1. The third-order valence-corrected chi connectivity index (χ3v) is 4.95. The van der Waals surface area contributed by atoms with Gasteiger partial charge in [0.2, 0.25) is 11.6 Å². The van der Waals surface area contributed by atoms with Crippen molar-refractivity contribution in [2.75, 3.05) is 6.61 Å². The van der Waals surface area contributed by atoms with Gasteiger partial charge in [0.15, 0.2) is 0 Å². The van der Waals surface area contributed by atoms with Gasteiger partial charge >= 0.3 is 5.97 Å². The van der Waals surface area contributed by atoms with Crippen molar-refractivity contribution in [3.8, 4) is 6.07 Å². The predicted octanol–water partition coefficient (Wildman–Crippen LogP) is 1.82. The number of hydrogen-bond acceptors (Lipinski definition) is 7. The highest BCUT2D eigenvalue weighted by atomic mass is 16.5. The van der Waals surface area contributed by atoms with Gasteiger partial charge in [-0.3, -0.25) is 14.2 Å². The van der Waals surface area contributed by atoms with Crippen LogP contribution < -0.4 is 10.9 Å². The van der Waals surface area contributed by atoms with Gasteiger partial charge in [-0.25, -0.2) is 9.78 Å². The van der Waals surface area contributed by atoms with Gasteiger partial charge in [0.1, 0.15) is 35.1 Å². The van der Waals surface area contributed by atoms with Crippen molar-refractivity contribution in [1.29, 1.82) is 5.26 Å². The molecule has 28 heavy (non-hydrogen) atoms. The molecule has 0 bridgehead atoms. The number of hydrogen-bond donors (Lipinski definition) is 1. The van der Waals surface area contributed by atoms with Crippen molar-refractivity contribution in [2.24, 2.45) is 0 Å². The Morgan fingerprint density at radius 1 is 1.39 bits per heavy atom. The summed E-state index contributed by atoms with van der Waals surface area (Å²) in [6.45, 7) is 3.05. The smallest absolute Gasteiger partial charge is 0.342 e. The van der Waals surface area contributed by atoms with Gasteiger partial charge in [-0.1, -0.05) is 19.3 Å². The Labute approximate surface area is 161 Å². The minimum atomic E-state index is -0.890. The zero-order chi connectivity index (χ0) is 20.3. The molecule has 148 valence electrons. The van der Waals surface area contributed by atoms with Crippen LogP contribution in [0.15, 0.2) is 15.5 Å². The average molecular weight is 386 g/mol. The third kappa shape index (κ3) is 3.63. The molecular formula is C19H22N4O5. The first kappa shape index (κ1) is 19.6. The Morgan fingerprint density at radius 3 is 2.75 bits per heavy atom. The number of nitrogens with one attached hydrogen (secondary N) is 1. The summed E-state index contributed by atoms with van der Waals surface area (Å²) >= 11 is 0. The zero-order valence-corrected chi connectivity index (χ0v) is 15.9. The molecular weight excluding hydrogens is 364 g/mol. The number of esters is 1. The topological polar surface area (TPSA) is 127 Å². The highest BCUT2D eigenvalue weighted by Crippen LogP contribution is 2.27. The number of aromatic nitrogens is 2. The van der Waals surface area contributed by atoms with E-state index in [1.165, 1.54) is 6.33 Å². The molecule has 2 heterocycles.